The lowest BCUT2D eigenvalue weighted by atomic mass is 10.2. The van der Waals surface area contributed by atoms with Crippen molar-refractivity contribution in [3.8, 4) is 0 Å². The Hall–Kier alpha value is -1.88. The van der Waals surface area contributed by atoms with Crippen molar-refractivity contribution in [2.45, 2.75) is 6.54 Å². The second-order valence-corrected chi connectivity index (χ2v) is 5.51. The molecule has 4 nitrogen and oxygen atoms in total. The highest BCUT2D eigenvalue weighted by Crippen LogP contribution is 2.15. The fourth-order valence-corrected chi connectivity index (χ4v) is 2.40. The molecule has 19 heavy (non-hydrogen) atoms. The number of carbonyl (C=O) groups excluding carboxylic acids is 1. The third-order valence-corrected chi connectivity index (χ3v) is 3.60. The molecular formula is C14H17N3OS. The fraction of sp³-hybridized carbons (Fsp3) is 0.286. The molecule has 0 fully saturated rings. The van der Waals surface area contributed by atoms with Gasteiger partial charge in [0.25, 0.3) is 5.91 Å². The largest absolute Gasteiger partial charge is 0.378 e. The maximum atomic E-state index is 12.2. The minimum atomic E-state index is 0.0144. The lowest BCUT2D eigenvalue weighted by Gasteiger charge is -2.17. The van der Waals surface area contributed by atoms with Crippen molar-refractivity contribution in [2.24, 2.45) is 0 Å². The van der Waals surface area contributed by atoms with Crippen LogP contribution in [-0.4, -0.2) is 36.9 Å². The molecule has 0 radical (unpaired) electrons. The maximum absolute atomic E-state index is 12.2. The topological polar surface area (TPSA) is 36.4 Å². The van der Waals surface area contributed by atoms with Crippen LogP contribution in [0.3, 0.4) is 0 Å². The van der Waals surface area contributed by atoms with E-state index in [0.717, 1.165) is 10.7 Å². The molecule has 0 aliphatic rings. The van der Waals surface area contributed by atoms with Gasteiger partial charge in [-0.1, -0.05) is 0 Å². The first kappa shape index (κ1) is 13.5. The highest BCUT2D eigenvalue weighted by molar-refractivity contribution is 7.09. The summed E-state index contributed by atoms with van der Waals surface area (Å²) in [5.41, 5.74) is 1.78. The van der Waals surface area contributed by atoms with E-state index in [2.05, 4.69) is 4.98 Å². The molecule has 0 atom stereocenters. The Kier molecular flexibility index (Phi) is 4.16. The molecule has 0 saturated carbocycles. The van der Waals surface area contributed by atoms with Crippen molar-refractivity contribution in [1.82, 2.24) is 9.88 Å². The van der Waals surface area contributed by atoms with Gasteiger partial charge in [0.05, 0.1) is 6.54 Å². The molecule has 1 amide bonds. The van der Waals surface area contributed by atoms with E-state index in [1.807, 2.05) is 48.6 Å². The van der Waals surface area contributed by atoms with Gasteiger partial charge in [0.15, 0.2) is 0 Å². The second kappa shape index (κ2) is 5.84. The van der Waals surface area contributed by atoms with E-state index in [4.69, 9.17) is 0 Å². The van der Waals surface area contributed by atoms with Crippen molar-refractivity contribution in [2.75, 3.05) is 26.0 Å². The Bertz CT molecular complexity index is 534. The zero-order chi connectivity index (χ0) is 13.8. The van der Waals surface area contributed by atoms with E-state index in [0.29, 0.717) is 12.1 Å². The summed E-state index contributed by atoms with van der Waals surface area (Å²) in [6.07, 6.45) is 1.75. The monoisotopic (exact) mass is 275 g/mol. The SMILES string of the molecule is CN(Cc1nccs1)C(=O)c1ccc(N(C)C)cc1. The molecule has 100 valence electrons. The van der Waals surface area contributed by atoms with Crippen molar-refractivity contribution in [1.29, 1.82) is 0 Å². The van der Waals surface area contributed by atoms with E-state index in [1.165, 1.54) is 0 Å². The van der Waals surface area contributed by atoms with Crippen molar-refractivity contribution in [3.63, 3.8) is 0 Å². The van der Waals surface area contributed by atoms with Crippen LogP contribution in [0.15, 0.2) is 35.8 Å². The summed E-state index contributed by atoms with van der Waals surface area (Å²) >= 11 is 1.56. The molecule has 0 N–H and O–H groups in total. The number of benzene rings is 1. The Morgan fingerprint density at radius 1 is 1.21 bits per heavy atom. The molecule has 1 heterocycles. The lowest BCUT2D eigenvalue weighted by molar-refractivity contribution is 0.0785. The van der Waals surface area contributed by atoms with Crippen molar-refractivity contribution < 1.29 is 4.79 Å². The van der Waals surface area contributed by atoms with Crippen LogP contribution in [-0.2, 0) is 6.54 Å². The molecule has 5 heteroatoms. The van der Waals surface area contributed by atoms with Gasteiger partial charge < -0.3 is 9.80 Å². The third kappa shape index (κ3) is 3.32. The van der Waals surface area contributed by atoms with Crippen molar-refractivity contribution in [3.05, 3.63) is 46.4 Å². The van der Waals surface area contributed by atoms with Gasteiger partial charge in [-0.25, -0.2) is 4.98 Å². The summed E-state index contributed by atoms with van der Waals surface area (Å²) in [6, 6.07) is 7.61. The van der Waals surface area contributed by atoms with Gasteiger partial charge in [-0.3, -0.25) is 4.79 Å². The van der Waals surface area contributed by atoms with E-state index in [9.17, 15) is 4.79 Å². The molecule has 0 aliphatic heterocycles. The van der Waals surface area contributed by atoms with Crippen LogP contribution in [0, 0.1) is 0 Å². The minimum absolute atomic E-state index is 0.0144. The number of carbonyl (C=O) groups is 1. The fourth-order valence-electron chi connectivity index (χ4n) is 1.73. The zero-order valence-electron chi connectivity index (χ0n) is 11.3. The van der Waals surface area contributed by atoms with Crippen LogP contribution >= 0.6 is 11.3 Å². The summed E-state index contributed by atoms with van der Waals surface area (Å²) in [4.78, 5) is 20.1. The van der Waals surface area contributed by atoms with Crippen LogP contribution in [0.4, 0.5) is 5.69 Å². The first-order chi connectivity index (χ1) is 9.08. The van der Waals surface area contributed by atoms with Gasteiger partial charge in [-0.15, -0.1) is 11.3 Å². The molecule has 0 spiro atoms. The first-order valence-electron chi connectivity index (χ1n) is 5.99. The predicted molar refractivity (Wildman–Crippen MR) is 78.7 cm³/mol. The molecule has 0 aliphatic carbocycles. The number of amides is 1. The zero-order valence-corrected chi connectivity index (χ0v) is 12.1. The van der Waals surface area contributed by atoms with Crippen LogP contribution < -0.4 is 4.90 Å². The number of nitrogens with zero attached hydrogens (tertiary/aromatic N) is 3. The highest BCUT2D eigenvalue weighted by atomic mass is 32.1. The van der Waals surface area contributed by atoms with Crippen LogP contribution in [0.2, 0.25) is 0 Å². The van der Waals surface area contributed by atoms with E-state index in [1.54, 1.807) is 29.5 Å². The predicted octanol–water partition coefficient (Wildman–Crippen LogP) is 2.48. The summed E-state index contributed by atoms with van der Waals surface area (Å²) in [7, 11) is 5.75. The number of hydrogen-bond donors (Lipinski definition) is 0. The number of hydrogen-bond acceptors (Lipinski definition) is 4. The van der Waals surface area contributed by atoms with E-state index in [-0.39, 0.29) is 5.91 Å². The Labute approximate surface area is 117 Å². The van der Waals surface area contributed by atoms with Gasteiger partial charge in [0.2, 0.25) is 0 Å². The lowest BCUT2D eigenvalue weighted by Crippen LogP contribution is -2.26. The van der Waals surface area contributed by atoms with Crippen LogP contribution in [0.1, 0.15) is 15.4 Å². The maximum Gasteiger partial charge on any atom is 0.253 e. The third-order valence-electron chi connectivity index (χ3n) is 2.83. The van der Waals surface area contributed by atoms with Gasteiger partial charge in [-0.2, -0.15) is 0 Å². The van der Waals surface area contributed by atoms with Gasteiger partial charge in [0.1, 0.15) is 5.01 Å². The van der Waals surface area contributed by atoms with Crippen LogP contribution in [0.25, 0.3) is 0 Å². The quantitative estimate of drug-likeness (QED) is 0.860. The standard InChI is InChI=1S/C14H17N3OS/c1-16(2)12-6-4-11(5-7-12)14(18)17(3)10-13-15-8-9-19-13/h4-9H,10H2,1-3H3. The number of anilines is 1. The summed E-state index contributed by atoms with van der Waals surface area (Å²) in [6.45, 7) is 0.548. The molecular weight excluding hydrogens is 258 g/mol. The Morgan fingerprint density at radius 3 is 2.42 bits per heavy atom. The molecule has 1 aromatic heterocycles. The Balaban J connectivity index is 2.06. The summed E-state index contributed by atoms with van der Waals surface area (Å²) in [5.74, 6) is 0.0144. The highest BCUT2D eigenvalue weighted by Gasteiger charge is 2.13. The number of rotatable bonds is 4. The average Bonchev–Trinajstić information content (AvgIpc) is 2.90. The van der Waals surface area contributed by atoms with Crippen LogP contribution in [0.5, 0.6) is 0 Å². The molecule has 0 saturated heterocycles. The van der Waals surface area contributed by atoms with Crippen molar-refractivity contribution >= 4 is 22.9 Å². The smallest absolute Gasteiger partial charge is 0.253 e. The number of thiazole rings is 1. The van der Waals surface area contributed by atoms with Gasteiger partial charge >= 0.3 is 0 Å². The van der Waals surface area contributed by atoms with Gasteiger partial charge in [0, 0.05) is 44.0 Å². The number of aromatic nitrogens is 1. The molecule has 2 aromatic rings. The first-order valence-corrected chi connectivity index (χ1v) is 6.87. The average molecular weight is 275 g/mol. The second-order valence-electron chi connectivity index (χ2n) is 4.53. The van der Waals surface area contributed by atoms with Gasteiger partial charge in [-0.05, 0) is 24.3 Å². The van der Waals surface area contributed by atoms with E-state index >= 15 is 0 Å². The minimum Gasteiger partial charge on any atom is -0.378 e. The molecule has 0 bridgehead atoms. The molecule has 0 unspecified atom stereocenters. The van der Waals surface area contributed by atoms with E-state index < -0.39 is 0 Å². The summed E-state index contributed by atoms with van der Waals surface area (Å²) < 4.78 is 0. The molecule has 1 aromatic carbocycles. The Morgan fingerprint density at radius 2 is 1.89 bits per heavy atom. The molecule has 2 rings (SSSR count). The summed E-state index contributed by atoms with van der Waals surface area (Å²) in [5, 5.41) is 2.86. The normalized spacial score (nSPS) is 10.3.